The first kappa shape index (κ1) is 18.8. The first-order valence-electron chi connectivity index (χ1n) is 9.18. The molecule has 1 N–H and O–H groups in total. The maximum absolute atomic E-state index is 12.6. The third kappa shape index (κ3) is 4.05. The van der Waals surface area contributed by atoms with Crippen molar-refractivity contribution in [3.05, 3.63) is 59.5 Å². The van der Waals surface area contributed by atoms with Gasteiger partial charge in [-0.1, -0.05) is 12.1 Å². The zero-order valence-electron chi connectivity index (χ0n) is 16.2. The molecule has 0 aliphatic carbocycles. The molecule has 27 heavy (non-hydrogen) atoms. The van der Waals surface area contributed by atoms with Crippen molar-refractivity contribution in [3.8, 4) is 11.5 Å². The Balaban J connectivity index is 1.79. The van der Waals surface area contributed by atoms with Crippen LogP contribution < -0.4 is 14.8 Å². The monoisotopic (exact) mass is 367 g/mol. The van der Waals surface area contributed by atoms with E-state index in [-0.39, 0.29) is 11.9 Å². The molecular weight excluding hydrogens is 342 g/mol. The van der Waals surface area contributed by atoms with E-state index in [9.17, 15) is 4.79 Å². The van der Waals surface area contributed by atoms with E-state index in [1.165, 1.54) is 0 Å². The molecule has 0 bridgehead atoms. The molecule has 0 radical (unpaired) electrons. The van der Waals surface area contributed by atoms with Crippen molar-refractivity contribution >= 4 is 11.6 Å². The van der Waals surface area contributed by atoms with Crippen LogP contribution in [0.1, 0.15) is 48.6 Å². The second-order valence-electron chi connectivity index (χ2n) is 6.29. The molecule has 0 saturated heterocycles. The summed E-state index contributed by atoms with van der Waals surface area (Å²) in [7, 11) is 0. The zero-order valence-corrected chi connectivity index (χ0v) is 16.2. The first-order valence-corrected chi connectivity index (χ1v) is 9.18. The van der Waals surface area contributed by atoms with Crippen molar-refractivity contribution in [2.24, 2.45) is 0 Å². The molecule has 6 heteroatoms. The lowest BCUT2D eigenvalue weighted by atomic mass is 10.1. The van der Waals surface area contributed by atoms with Gasteiger partial charge in [-0.25, -0.2) is 4.98 Å². The van der Waals surface area contributed by atoms with Crippen molar-refractivity contribution < 1.29 is 14.3 Å². The molecule has 0 fully saturated rings. The summed E-state index contributed by atoms with van der Waals surface area (Å²) in [5.41, 5.74) is 3.12. The third-order valence-corrected chi connectivity index (χ3v) is 4.34. The average molecular weight is 367 g/mol. The minimum atomic E-state index is -0.211. The Morgan fingerprint density at radius 2 is 1.89 bits per heavy atom. The van der Waals surface area contributed by atoms with Gasteiger partial charge >= 0.3 is 0 Å². The fourth-order valence-electron chi connectivity index (χ4n) is 2.95. The zero-order chi connectivity index (χ0) is 19.4. The number of aromatic nitrogens is 2. The number of hydrogen-bond donors (Lipinski definition) is 1. The van der Waals surface area contributed by atoms with Gasteiger partial charge in [0.05, 0.1) is 19.3 Å². The van der Waals surface area contributed by atoms with Crippen LogP contribution in [-0.4, -0.2) is 28.5 Å². The van der Waals surface area contributed by atoms with E-state index in [4.69, 9.17) is 9.47 Å². The summed E-state index contributed by atoms with van der Waals surface area (Å²) >= 11 is 0. The van der Waals surface area contributed by atoms with Crippen molar-refractivity contribution in [2.45, 2.75) is 33.7 Å². The lowest BCUT2D eigenvalue weighted by Crippen LogP contribution is -2.27. The molecule has 0 saturated carbocycles. The molecule has 3 aromatic rings. The number of amides is 1. The van der Waals surface area contributed by atoms with Crippen LogP contribution in [0, 0.1) is 6.92 Å². The van der Waals surface area contributed by atoms with Gasteiger partial charge in [-0.05, 0) is 57.5 Å². The molecule has 1 aromatic carbocycles. The van der Waals surface area contributed by atoms with Crippen LogP contribution in [0.25, 0.3) is 5.65 Å². The molecule has 0 aliphatic heterocycles. The van der Waals surface area contributed by atoms with E-state index < -0.39 is 0 Å². The fourth-order valence-corrected chi connectivity index (χ4v) is 2.95. The highest BCUT2D eigenvalue weighted by Crippen LogP contribution is 2.30. The second kappa shape index (κ2) is 8.12. The molecule has 6 nitrogen and oxygen atoms in total. The van der Waals surface area contributed by atoms with Crippen molar-refractivity contribution in [1.82, 2.24) is 14.7 Å². The van der Waals surface area contributed by atoms with Crippen LogP contribution >= 0.6 is 0 Å². The van der Waals surface area contributed by atoms with E-state index in [0.717, 1.165) is 16.9 Å². The van der Waals surface area contributed by atoms with Gasteiger partial charge in [0.15, 0.2) is 11.5 Å². The fraction of sp³-hybridized carbons (Fsp3) is 0.333. The highest BCUT2D eigenvalue weighted by molar-refractivity contribution is 5.93. The lowest BCUT2D eigenvalue weighted by molar-refractivity contribution is 0.0935. The number of carbonyl (C=O) groups is 1. The van der Waals surface area contributed by atoms with E-state index in [2.05, 4.69) is 10.3 Å². The Morgan fingerprint density at radius 1 is 1.15 bits per heavy atom. The molecule has 0 spiro atoms. The molecule has 1 atom stereocenters. The van der Waals surface area contributed by atoms with Gasteiger partial charge in [-0.3, -0.25) is 4.79 Å². The van der Waals surface area contributed by atoms with Gasteiger partial charge < -0.3 is 19.2 Å². The third-order valence-electron chi connectivity index (χ3n) is 4.34. The van der Waals surface area contributed by atoms with E-state index in [1.807, 2.05) is 68.5 Å². The molecule has 2 aromatic heterocycles. The summed E-state index contributed by atoms with van der Waals surface area (Å²) in [4.78, 5) is 17.1. The Hall–Kier alpha value is -3.02. The summed E-state index contributed by atoms with van der Waals surface area (Å²) in [5, 5.41) is 3.00. The van der Waals surface area contributed by atoms with E-state index in [0.29, 0.717) is 30.4 Å². The highest BCUT2D eigenvalue weighted by atomic mass is 16.5. The standard InChI is InChI=1S/C21H25N3O3/c1-5-26-18-11-10-16(12-19(18)27-6-2)15(4)22-21(25)17-13-24-14(3)8-7-9-20(24)23-17/h7-13,15H,5-6H2,1-4H3,(H,22,25). The minimum absolute atomic E-state index is 0.196. The number of hydrogen-bond acceptors (Lipinski definition) is 4. The summed E-state index contributed by atoms with van der Waals surface area (Å²) in [6, 6.07) is 11.3. The van der Waals surface area contributed by atoms with Gasteiger partial charge in [0, 0.05) is 11.9 Å². The smallest absolute Gasteiger partial charge is 0.271 e. The minimum Gasteiger partial charge on any atom is -0.490 e. The second-order valence-corrected chi connectivity index (χ2v) is 6.29. The summed E-state index contributed by atoms with van der Waals surface area (Å²) in [6.07, 6.45) is 1.76. The Morgan fingerprint density at radius 3 is 2.59 bits per heavy atom. The number of ether oxygens (including phenoxy) is 2. The number of benzene rings is 1. The Bertz CT molecular complexity index is 949. The Kier molecular flexibility index (Phi) is 5.64. The van der Waals surface area contributed by atoms with Crippen molar-refractivity contribution in [3.63, 3.8) is 0 Å². The number of aryl methyl sites for hydroxylation is 1. The number of nitrogens with one attached hydrogen (secondary N) is 1. The number of fused-ring (bicyclic) bond motifs is 1. The largest absolute Gasteiger partial charge is 0.490 e. The predicted molar refractivity (Wildman–Crippen MR) is 105 cm³/mol. The van der Waals surface area contributed by atoms with Crippen molar-refractivity contribution in [2.75, 3.05) is 13.2 Å². The van der Waals surface area contributed by atoms with Crippen LogP contribution in [0.3, 0.4) is 0 Å². The first-order chi connectivity index (χ1) is 13.0. The van der Waals surface area contributed by atoms with Crippen LogP contribution in [0.4, 0.5) is 0 Å². The van der Waals surface area contributed by atoms with Gasteiger partial charge in [-0.2, -0.15) is 0 Å². The van der Waals surface area contributed by atoms with E-state index in [1.54, 1.807) is 6.20 Å². The quantitative estimate of drug-likeness (QED) is 0.687. The molecule has 2 heterocycles. The molecule has 142 valence electrons. The lowest BCUT2D eigenvalue weighted by Gasteiger charge is -2.17. The highest BCUT2D eigenvalue weighted by Gasteiger charge is 2.17. The molecule has 1 amide bonds. The summed E-state index contributed by atoms with van der Waals surface area (Å²) in [6.45, 7) is 8.89. The number of nitrogens with zero attached hydrogens (tertiary/aromatic N) is 2. The van der Waals surface area contributed by atoms with Crippen LogP contribution in [0.2, 0.25) is 0 Å². The molecule has 3 rings (SSSR count). The summed E-state index contributed by atoms with van der Waals surface area (Å²) in [5.74, 6) is 1.18. The summed E-state index contributed by atoms with van der Waals surface area (Å²) < 4.78 is 13.2. The maximum atomic E-state index is 12.6. The Labute approximate surface area is 159 Å². The van der Waals surface area contributed by atoms with Gasteiger partial charge in [-0.15, -0.1) is 0 Å². The SMILES string of the molecule is CCOc1ccc(C(C)NC(=O)c2cn3c(C)cccc3n2)cc1OCC. The maximum Gasteiger partial charge on any atom is 0.271 e. The van der Waals surface area contributed by atoms with Crippen LogP contribution in [0.5, 0.6) is 11.5 Å². The number of pyridine rings is 1. The number of imidazole rings is 1. The molecular formula is C21H25N3O3. The van der Waals surface area contributed by atoms with Gasteiger partial charge in [0.25, 0.3) is 5.91 Å². The van der Waals surface area contributed by atoms with Crippen LogP contribution in [-0.2, 0) is 0 Å². The predicted octanol–water partition coefficient (Wildman–Crippen LogP) is 3.93. The van der Waals surface area contributed by atoms with E-state index >= 15 is 0 Å². The average Bonchev–Trinajstić information content (AvgIpc) is 3.09. The van der Waals surface area contributed by atoms with Gasteiger partial charge in [0.2, 0.25) is 0 Å². The van der Waals surface area contributed by atoms with Crippen LogP contribution in [0.15, 0.2) is 42.6 Å². The normalized spacial score (nSPS) is 12.0. The number of rotatable bonds is 7. The number of carbonyl (C=O) groups excluding carboxylic acids is 1. The molecule has 1 unspecified atom stereocenters. The van der Waals surface area contributed by atoms with Crippen molar-refractivity contribution in [1.29, 1.82) is 0 Å². The molecule has 0 aliphatic rings. The topological polar surface area (TPSA) is 64.9 Å². The van der Waals surface area contributed by atoms with Gasteiger partial charge in [0.1, 0.15) is 11.3 Å².